The minimum atomic E-state index is -0.548. The molecule has 3 aromatic rings. The van der Waals surface area contributed by atoms with E-state index in [-0.39, 0.29) is 54.2 Å². The first kappa shape index (κ1) is 35.1. The van der Waals surface area contributed by atoms with Crippen molar-refractivity contribution in [2.75, 3.05) is 6.61 Å². The number of carbonyl (C=O) groups is 3. The minimum Gasteiger partial charge on any atom is -0.463 e. The molecule has 0 N–H and O–H groups in total. The molecule has 8 heteroatoms. The number of carbonyl (C=O) groups excluding carboxylic acids is 3. The predicted molar refractivity (Wildman–Crippen MR) is 179 cm³/mol. The van der Waals surface area contributed by atoms with Crippen molar-refractivity contribution in [1.29, 1.82) is 0 Å². The van der Waals surface area contributed by atoms with Gasteiger partial charge in [0.15, 0.2) is 5.78 Å². The number of aryl methyl sites for hydroxylation is 1. The summed E-state index contributed by atoms with van der Waals surface area (Å²) in [6, 6.07) is 20.4. The molecule has 5 rings (SSSR count). The van der Waals surface area contributed by atoms with E-state index in [2.05, 4.69) is 0 Å². The molecule has 1 heterocycles. The third-order valence-electron chi connectivity index (χ3n) is 9.32. The zero-order chi connectivity index (χ0) is 34.0. The van der Waals surface area contributed by atoms with E-state index in [1.54, 1.807) is 12.1 Å². The van der Waals surface area contributed by atoms with Gasteiger partial charge in [0, 0.05) is 31.8 Å². The topological polar surface area (TPSA) is 78.9 Å². The monoisotopic (exact) mass is 658 g/mol. The van der Waals surface area contributed by atoms with Gasteiger partial charge in [-0.25, -0.2) is 13.6 Å². The van der Waals surface area contributed by atoms with Crippen LogP contribution in [0.25, 0.3) is 11.1 Å². The molecule has 2 aliphatic rings. The Bertz CT molecular complexity index is 1570. The Morgan fingerprint density at radius 1 is 0.938 bits per heavy atom. The van der Waals surface area contributed by atoms with Crippen molar-refractivity contribution in [1.82, 2.24) is 0 Å². The van der Waals surface area contributed by atoms with Crippen LogP contribution in [-0.4, -0.2) is 42.6 Å². The second kappa shape index (κ2) is 16.8. The van der Waals surface area contributed by atoms with Crippen molar-refractivity contribution in [2.24, 2.45) is 17.8 Å². The molecule has 48 heavy (non-hydrogen) atoms. The number of halogens is 2. The smallest absolute Gasteiger partial charge is 0.338 e. The fraction of sp³-hybridized carbons (Fsp3) is 0.425. The number of hydrogen-bond acceptors (Lipinski definition) is 6. The van der Waals surface area contributed by atoms with Crippen molar-refractivity contribution < 1.29 is 37.4 Å². The lowest BCUT2D eigenvalue weighted by Crippen LogP contribution is -2.25. The highest BCUT2D eigenvalue weighted by atomic mass is 19.1. The summed E-state index contributed by atoms with van der Waals surface area (Å²) in [7, 11) is 0. The summed E-state index contributed by atoms with van der Waals surface area (Å²) in [6.45, 7) is 4.23. The van der Waals surface area contributed by atoms with Crippen molar-refractivity contribution >= 4 is 17.7 Å². The molecule has 3 aromatic carbocycles. The van der Waals surface area contributed by atoms with Gasteiger partial charge in [0.25, 0.3) is 0 Å². The molecule has 0 amide bonds. The SMILES string of the molecule is CC(C)OC(=O)CCC[C@H]1CC[C@@H]2[C@@H](/C=C/C(=O)CCc3cc(F)ccc3F)[C@H](OC(=O)c3ccc(-c4ccccc4)cc3)C[C@@H]2OC1. The van der Waals surface area contributed by atoms with Gasteiger partial charge < -0.3 is 14.2 Å². The van der Waals surface area contributed by atoms with Crippen LogP contribution in [0.15, 0.2) is 84.9 Å². The molecule has 0 aromatic heterocycles. The second-order valence-corrected chi connectivity index (χ2v) is 13.2. The van der Waals surface area contributed by atoms with Gasteiger partial charge in [-0.3, -0.25) is 9.59 Å². The van der Waals surface area contributed by atoms with Gasteiger partial charge in [0.05, 0.1) is 17.8 Å². The van der Waals surface area contributed by atoms with Crippen LogP contribution in [0.4, 0.5) is 8.78 Å². The lowest BCUT2D eigenvalue weighted by atomic mass is 9.86. The molecule has 0 spiro atoms. The molecule has 1 aliphatic heterocycles. The third-order valence-corrected chi connectivity index (χ3v) is 9.32. The highest BCUT2D eigenvalue weighted by Gasteiger charge is 2.46. The summed E-state index contributed by atoms with van der Waals surface area (Å²) < 4.78 is 45.5. The fourth-order valence-corrected chi connectivity index (χ4v) is 6.83. The number of rotatable bonds is 13. The van der Waals surface area contributed by atoms with Crippen molar-refractivity contribution in [3.63, 3.8) is 0 Å². The maximum atomic E-state index is 14.1. The zero-order valence-electron chi connectivity index (χ0n) is 27.6. The Balaban J connectivity index is 1.25. The number of benzene rings is 3. The maximum absolute atomic E-state index is 14.1. The first-order valence-electron chi connectivity index (χ1n) is 17.0. The summed E-state index contributed by atoms with van der Waals surface area (Å²) >= 11 is 0. The standard InChI is InChI=1S/C40H44F2O6/c1-26(2)47-39(44)10-6-7-27-11-20-34-35(21-19-33(43)18-16-31-23-32(41)17-22-36(31)42)38(24-37(34)46-25-27)48-40(45)30-14-12-29(13-15-30)28-8-4-3-5-9-28/h3-5,8-9,12-15,17,19,21-23,26-27,34-35,37-38H,6-7,10-11,16,18,20,24-25H2,1-2H3/b21-19+/t27-,34+,35+,37-,38+/m0/s1. The Hall–Kier alpha value is -4.17. The number of fused-ring (bicyclic) bond motifs is 1. The second-order valence-electron chi connectivity index (χ2n) is 13.2. The van der Waals surface area contributed by atoms with E-state index in [1.165, 1.54) is 6.08 Å². The van der Waals surface area contributed by atoms with Crippen LogP contribution >= 0.6 is 0 Å². The highest BCUT2D eigenvalue weighted by molar-refractivity contribution is 5.91. The van der Waals surface area contributed by atoms with Crippen LogP contribution in [0, 0.1) is 29.4 Å². The van der Waals surface area contributed by atoms with Gasteiger partial charge in [-0.1, -0.05) is 48.5 Å². The molecular formula is C40H44F2O6. The normalized spacial score (nSPS) is 22.3. The predicted octanol–water partition coefficient (Wildman–Crippen LogP) is 8.47. The first-order chi connectivity index (χ1) is 23.2. The molecule has 1 saturated carbocycles. The van der Waals surface area contributed by atoms with Crippen LogP contribution in [0.3, 0.4) is 0 Å². The number of hydrogen-bond donors (Lipinski definition) is 0. The van der Waals surface area contributed by atoms with E-state index in [9.17, 15) is 23.2 Å². The highest BCUT2D eigenvalue weighted by Crippen LogP contribution is 2.43. The summed E-state index contributed by atoms with van der Waals surface area (Å²) in [4.78, 5) is 38.3. The molecule has 0 radical (unpaired) electrons. The molecule has 6 nitrogen and oxygen atoms in total. The number of ether oxygens (including phenoxy) is 3. The summed E-state index contributed by atoms with van der Waals surface area (Å²) in [6.07, 6.45) is 6.79. The summed E-state index contributed by atoms with van der Waals surface area (Å²) in [5.74, 6) is -1.87. The Labute approximate surface area is 281 Å². The van der Waals surface area contributed by atoms with Gasteiger partial charge in [0.1, 0.15) is 17.7 Å². The number of ketones is 1. The van der Waals surface area contributed by atoms with Gasteiger partial charge in [-0.15, -0.1) is 0 Å². The lowest BCUT2D eigenvalue weighted by molar-refractivity contribution is -0.147. The maximum Gasteiger partial charge on any atom is 0.338 e. The molecular weight excluding hydrogens is 614 g/mol. The van der Waals surface area contributed by atoms with Crippen LogP contribution in [0.2, 0.25) is 0 Å². The summed E-state index contributed by atoms with van der Waals surface area (Å²) in [5, 5.41) is 0. The van der Waals surface area contributed by atoms with Crippen LogP contribution in [-0.2, 0) is 30.2 Å². The molecule has 0 bridgehead atoms. The van der Waals surface area contributed by atoms with Crippen LogP contribution in [0.5, 0.6) is 0 Å². The Morgan fingerprint density at radius 3 is 2.44 bits per heavy atom. The van der Waals surface area contributed by atoms with E-state index in [0.29, 0.717) is 30.9 Å². The Kier molecular flexibility index (Phi) is 12.3. The van der Waals surface area contributed by atoms with Gasteiger partial charge in [-0.05, 0) is 111 Å². The molecule has 1 saturated heterocycles. The lowest BCUT2D eigenvalue weighted by Gasteiger charge is -2.23. The molecule has 1 aliphatic carbocycles. The molecule has 2 fully saturated rings. The van der Waals surface area contributed by atoms with E-state index < -0.39 is 23.7 Å². The zero-order valence-corrected chi connectivity index (χ0v) is 27.6. The van der Waals surface area contributed by atoms with Crippen LogP contribution in [0.1, 0.15) is 74.7 Å². The van der Waals surface area contributed by atoms with Crippen molar-refractivity contribution in [3.05, 3.63) is 108 Å². The van der Waals surface area contributed by atoms with E-state index in [1.807, 2.05) is 62.4 Å². The molecule has 254 valence electrons. The van der Waals surface area contributed by atoms with E-state index >= 15 is 0 Å². The van der Waals surface area contributed by atoms with Gasteiger partial charge in [0.2, 0.25) is 0 Å². The average molecular weight is 659 g/mol. The van der Waals surface area contributed by atoms with Gasteiger partial charge >= 0.3 is 11.9 Å². The van der Waals surface area contributed by atoms with Crippen molar-refractivity contribution in [3.8, 4) is 11.1 Å². The largest absolute Gasteiger partial charge is 0.463 e. The summed E-state index contributed by atoms with van der Waals surface area (Å²) in [5.41, 5.74) is 2.64. The van der Waals surface area contributed by atoms with Gasteiger partial charge in [-0.2, -0.15) is 0 Å². The quantitative estimate of drug-likeness (QED) is 0.135. The van der Waals surface area contributed by atoms with Crippen LogP contribution < -0.4 is 0 Å². The molecule has 0 unspecified atom stereocenters. The fourth-order valence-electron chi connectivity index (χ4n) is 6.83. The van der Waals surface area contributed by atoms with Crippen molar-refractivity contribution in [2.45, 2.75) is 83.5 Å². The first-order valence-corrected chi connectivity index (χ1v) is 17.0. The number of esters is 2. The minimum absolute atomic E-state index is 0.0216. The average Bonchev–Trinajstić information content (AvgIpc) is 3.27. The van der Waals surface area contributed by atoms with E-state index in [0.717, 1.165) is 55.0 Å². The third kappa shape index (κ3) is 9.69. The Morgan fingerprint density at radius 2 is 1.69 bits per heavy atom. The number of allylic oxidation sites excluding steroid dienone is 1. The molecule has 5 atom stereocenters. The van der Waals surface area contributed by atoms with E-state index in [4.69, 9.17) is 14.2 Å².